The van der Waals surface area contributed by atoms with Crippen molar-refractivity contribution < 1.29 is 19.1 Å². The summed E-state index contributed by atoms with van der Waals surface area (Å²) in [5.41, 5.74) is 0.251. The van der Waals surface area contributed by atoms with E-state index in [1.54, 1.807) is 0 Å². The van der Waals surface area contributed by atoms with Crippen LogP contribution in [0.1, 0.15) is 25.7 Å². The molecule has 3 N–H and O–H groups in total. The monoisotopic (exact) mass is 314 g/mol. The Balaban J connectivity index is 1.87. The number of aliphatic hydroxyl groups is 1. The minimum atomic E-state index is -0.830. The summed E-state index contributed by atoms with van der Waals surface area (Å²) in [7, 11) is 0. The number of nitrogens with one attached hydrogen (secondary N) is 2. The standard InChI is InChI=1S/C14H16ClFN2O3/c15-11-7-9(3-6-12(11)16)18-14(21)13(20)17-8-1-4-10(19)5-2-8/h3,6-8,10,19H,1-2,4-5H2,(H,17,20)(H,18,21). The van der Waals surface area contributed by atoms with Gasteiger partial charge in [-0.1, -0.05) is 11.6 Å². The lowest BCUT2D eigenvalue weighted by Crippen LogP contribution is -2.43. The number of hydrogen-bond acceptors (Lipinski definition) is 3. The largest absolute Gasteiger partial charge is 0.393 e. The smallest absolute Gasteiger partial charge is 0.313 e. The molecule has 1 aromatic carbocycles. The van der Waals surface area contributed by atoms with Gasteiger partial charge in [0.1, 0.15) is 5.82 Å². The van der Waals surface area contributed by atoms with Crippen LogP contribution in [-0.4, -0.2) is 29.1 Å². The molecule has 0 spiro atoms. The summed E-state index contributed by atoms with van der Waals surface area (Å²) < 4.78 is 13.0. The molecule has 0 heterocycles. The van der Waals surface area contributed by atoms with Gasteiger partial charge in [-0.3, -0.25) is 9.59 Å². The number of benzene rings is 1. The normalized spacial score (nSPS) is 21.7. The van der Waals surface area contributed by atoms with E-state index in [1.807, 2.05) is 0 Å². The lowest BCUT2D eigenvalue weighted by atomic mass is 9.93. The van der Waals surface area contributed by atoms with E-state index in [9.17, 15) is 19.1 Å². The molecule has 7 heteroatoms. The van der Waals surface area contributed by atoms with Gasteiger partial charge in [-0.25, -0.2) is 4.39 Å². The average molecular weight is 315 g/mol. The molecule has 0 unspecified atom stereocenters. The van der Waals surface area contributed by atoms with Crippen molar-refractivity contribution in [3.63, 3.8) is 0 Å². The van der Waals surface area contributed by atoms with E-state index in [1.165, 1.54) is 12.1 Å². The first-order valence-corrected chi connectivity index (χ1v) is 7.08. The molecule has 1 aliphatic carbocycles. The zero-order valence-electron chi connectivity index (χ0n) is 11.2. The minimum Gasteiger partial charge on any atom is -0.393 e. The number of aliphatic hydroxyl groups excluding tert-OH is 1. The Morgan fingerprint density at radius 3 is 2.48 bits per heavy atom. The molecule has 2 amide bonds. The van der Waals surface area contributed by atoms with Crippen molar-refractivity contribution in [2.24, 2.45) is 0 Å². The van der Waals surface area contributed by atoms with Gasteiger partial charge in [0.25, 0.3) is 0 Å². The second kappa shape index (κ2) is 6.87. The molecule has 114 valence electrons. The van der Waals surface area contributed by atoms with Gasteiger partial charge >= 0.3 is 11.8 Å². The minimum absolute atomic E-state index is 0.108. The number of rotatable bonds is 2. The van der Waals surface area contributed by atoms with Crippen LogP contribution in [0.4, 0.5) is 10.1 Å². The first-order chi connectivity index (χ1) is 9.95. The van der Waals surface area contributed by atoms with Gasteiger partial charge in [-0.05, 0) is 43.9 Å². The third kappa shape index (κ3) is 4.41. The predicted octanol–water partition coefficient (Wildman–Crippen LogP) is 1.84. The van der Waals surface area contributed by atoms with Gasteiger partial charge in [0.2, 0.25) is 0 Å². The van der Waals surface area contributed by atoms with Gasteiger partial charge < -0.3 is 15.7 Å². The maximum atomic E-state index is 13.0. The van der Waals surface area contributed by atoms with Crippen molar-refractivity contribution in [2.45, 2.75) is 37.8 Å². The maximum Gasteiger partial charge on any atom is 0.313 e. The summed E-state index contributed by atoms with van der Waals surface area (Å²) in [4.78, 5) is 23.5. The van der Waals surface area contributed by atoms with Crippen molar-refractivity contribution in [3.8, 4) is 0 Å². The summed E-state index contributed by atoms with van der Waals surface area (Å²) in [6.07, 6.45) is 2.18. The number of anilines is 1. The van der Waals surface area contributed by atoms with Crippen molar-refractivity contribution in [1.29, 1.82) is 0 Å². The van der Waals surface area contributed by atoms with Crippen molar-refractivity contribution >= 4 is 29.1 Å². The van der Waals surface area contributed by atoms with Crippen LogP contribution in [0.25, 0.3) is 0 Å². The van der Waals surface area contributed by atoms with Gasteiger partial charge in [0.15, 0.2) is 0 Å². The topological polar surface area (TPSA) is 78.4 Å². The molecular weight excluding hydrogens is 299 g/mol. The van der Waals surface area contributed by atoms with Crippen molar-refractivity contribution in [2.75, 3.05) is 5.32 Å². The number of halogens is 2. The third-order valence-corrected chi connectivity index (χ3v) is 3.71. The summed E-state index contributed by atoms with van der Waals surface area (Å²) in [6, 6.07) is 3.56. The van der Waals surface area contributed by atoms with Crippen LogP contribution < -0.4 is 10.6 Å². The van der Waals surface area contributed by atoms with E-state index >= 15 is 0 Å². The van der Waals surface area contributed by atoms with E-state index in [4.69, 9.17) is 11.6 Å². The van der Waals surface area contributed by atoms with Gasteiger partial charge in [-0.2, -0.15) is 0 Å². The Hall–Kier alpha value is -1.66. The summed E-state index contributed by atoms with van der Waals surface area (Å²) in [5, 5.41) is 14.2. The first kappa shape index (κ1) is 15.7. The van der Waals surface area contributed by atoms with Crippen LogP contribution in [-0.2, 0) is 9.59 Å². The van der Waals surface area contributed by atoms with Gasteiger partial charge in [-0.15, -0.1) is 0 Å². The van der Waals surface area contributed by atoms with E-state index in [2.05, 4.69) is 10.6 Å². The highest BCUT2D eigenvalue weighted by atomic mass is 35.5. The molecule has 21 heavy (non-hydrogen) atoms. The zero-order chi connectivity index (χ0) is 15.4. The molecule has 5 nitrogen and oxygen atoms in total. The molecular formula is C14H16ClFN2O3. The molecule has 0 aromatic heterocycles. The highest BCUT2D eigenvalue weighted by Crippen LogP contribution is 2.20. The fourth-order valence-corrected chi connectivity index (χ4v) is 2.41. The zero-order valence-corrected chi connectivity index (χ0v) is 12.0. The predicted molar refractivity (Wildman–Crippen MR) is 76.4 cm³/mol. The van der Waals surface area contributed by atoms with E-state index in [0.29, 0.717) is 25.7 Å². The van der Waals surface area contributed by atoms with Gasteiger partial charge in [0, 0.05) is 11.7 Å². The third-order valence-electron chi connectivity index (χ3n) is 3.42. The lowest BCUT2D eigenvalue weighted by Gasteiger charge is -2.25. The van der Waals surface area contributed by atoms with Crippen molar-refractivity contribution in [1.82, 2.24) is 5.32 Å². The molecule has 1 saturated carbocycles. The average Bonchev–Trinajstić information content (AvgIpc) is 2.45. The van der Waals surface area contributed by atoms with Crippen LogP contribution in [0.3, 0.4) is 0 Å². The molecule has 0 bridgehead atoms. The van der Waals surface area contributed by atoms with Crippen LogP contribution in [0.5, 0.6) is 0 Å². The Bertz CT molecular complexity index is 545. The van der Waals surface area contributed by atoms with E-state index < -0.39 is 17.6 Å². The molecule has 1 aliphatic rings. The quantitative estimate of drug-likeness (QED) is 0.729. The highest BCUT2D eigenvalue weighted by Gasteiger charge is 2.23. The fraction of sp³-hybridized carbons (Fsp3) is 0.429. The molecule has 0 saturated heterocycles. The second-order valence-electron chi connectivity index (χ2n) is 5.06. The van der Waals surface area contributed by atoms with Crippen LogP contribution in [0.2, 0.25) is 5.02 Å². The Kier molecular flexibility index (Phi) is 5.14. The molecule has 0 aliphatic heterocycles. The number of carbonyl (C=O) groups excluding carboxylic acids is 2. The Labute approximate surface area is 126 Å². The maximum absolute atomic E-state index is 13.0. The van der Waals surface area contributed by atoms with Crippen LogP contribution in [0, 0.1) is 5.82 Å². The SMILES string of the molecule is O=C(Nc1ccc(F)c(Cl)c1)C(=O)NC1CCC(O)CC1. The molecule has 1 aromatic rings. The number of carbonyl (C=O) groups is 2. The fourth-order valence-electron chi connectivity index (χ4n) is 2.23. The summed E-state index contributed by atoms with van der Waals surface area (Å²) >= 11 is 5.60. The lowest BCUT2D eigenvalue weighted by molar-refractivity contribution is -0.136. The Morgan fingerprint density at radius 2 is 1.86 bits per heavy atom. The molecule has 0 radical (unpaired) electrons. The van der Waals surface area contributed by atoms with E-state index in [0.717, 1.165) is 6.07 Å². The van der Waals surface area contributed by atoms with Gasteiger partial charge in [0.05, 0.1) is 11.1 Å². The molecule has 0 atom stereocenters. The number of amides is 2. The van der Waals surface area contributed by atoms with Crippen LogP contribution in [0.15, 0.2) is 18.2 Å². The molecule has 2 rings (SSSR count). The molecule has 1 fully saturated rings. The van der Waals surface area contributed by atoms with Crippen LogP contribution >= 0.6 is 11.6 Å². The summed E-state index contributed by atoms with van der Waals surface area (Å²) in [6.45, 7) is 0. The Morgan fingerprint density at radius 1 is 1.19 bits per heavy atom. The second-order valence-corrected chi connectivity index (χ2v) is 5.47. The highest BCUT2D eigenvalue weighted by molar-refractivity contribution is 6.40. The van der Waals surface area contributed by atoms with E-state index in [-0.39, 0.29) is 22.9 Å². The first-order valence-electron chi connectivity index (χ1n) is 6.70. The number of hydrogen-bond donors (Lipinski definition) is 3. The summed E-state index contributed by atoms with van der Waals surface area (Å²) in [5.74, 6) is -2.18. The van der Waals surface area contributed by atoms with Crippen molar-refractivity contribution in [3.05, 3.63) is 29.0 Å².